The second-order valence-electron chi connectivity index (χ2n) is 5.23. The van der Waals surface area contributed by atoms with Crippen molar-refractivity contribution in [2.24, 2.45) is 0 Å². The van der Waals surface area contributed by atoms with E-state index in [1.165, 1.54) is 11.3 Å². The van der Waals surface area contributed by atoms with Crippen LogP contribution in [0.2, 0.25) is 0 Å². The monoisotopic (exact) mass is 304 g/mol. The normalized spacial score (nSPS) is 10.7. The van der Waals surface area contributed by atoms with Crippen LogP contribution in [0.3, 0.4) is 0 Å². The van der Waals surface area contributed by atoms with Gasteiger partial charge < -0.3 is 16.4 Å². The molecule has 0 atom stereocenters. The van der Waals surface area contributed by atoms with Gasteiger partial charge in [-0.15, -0.1) is 0 Å². The zero-order chi connectivity index (χ0) is 15.6. The first-order valence-electron chi connectivity index (χ1n) is 6.79. The zero-order valence-electron chi connectivity index (χ0n) is 12.7. The summed E-state index contributed by atoms with van der Waals surface area (Å²) in [5.41, 5.74) is 8.82. The molecule has 1 aromatic carbocycles. The van der Waals surface area contributed by atoms with Crippen LogP contribution < -0.4 is 16.4 Å². The minimum atomic E-state index is -0.226. The highest BCUT2D eigenvalue weighted by atomic mass is 32.1. The van der Waals surface area contributed by atoms with Crippen molar-refractivity contribution in [1.29, 1.82) is 0 Å². The number of carbonyl (C=O) groups is 1. The summed E-state index contributed by atoms with van der Waals surface area (Å²) in [6.45, 7) is 8.00. The van der Waals surface area contributed by atoms with Gasteiger partial charge in [0.15, 0.2) is 5.13 Å². The molecule has 1 amide bonds. The molecule has 5 nitrogen and oxygen atoms in total. The summed E-state index contributed by atoms with van der Waals surface area (Å²) in [7, 11) is 0. The molecule has 1 aromatic heterocycles. The highest BCUT2D eigenvalue weighted by Crippen LogP contribution is 2.27. The zero-order valence-corrected chi connectivity index (χ0v) is 13.5. The van der Waals surface area contributed by atoms with E-state index >= 15 is 0 Å². The molecule has 0 saturated heterocycles. The molecule has 0 bridgehead atoms. The van der Waals surface area contributed by atoms with E-state index in [1.807, 2.05) is 45.9 Å². The van der Waals surface area contributed by atoms with Gasteiger partial charge in [0.1, 0.15) is 10.7 Å². The molecule has 0 spiro atoms. The summed E-state index contributed by atoms with van der Waals surface area (Å²) in [6.07, 6.45) is 0. The number of hydrogen-bond acceptors (Lipinski definition) is 5. The van der Waals surface area contributed by atoms with Crippen molar-refractivity contribution in [3.8, 4) is 0 Å². The molecule has 0 fully saturated rings. The molecule has 0 unspecified atom stereocenters. The van der Waals surface area contributed by atoms with Gasteiger partial charge in [0.2, 0.25) is 0 Å². The second-order valence-corrected chi connectivity index (χ2v) is 6.23. The molecule has 2 rings (SSSR count). The van der Waals surface area contributed by atoms with Crippen molar-refractivity contribution >= 4 is 33.9 Å². The third-order valence-electron chi connectivity index (χ3n) is 3.12. The molecule has 2 aromatic rings. The van der Waals surface area contributed by atoms with Gasteiger partial charge in [-0.2, -0.15) is 0 Å². The van der Waals surface area contributed by atoms with Crippen LogP contribution in [0, 0.1) is 13.8 Å². The Bertz CT molecular complexity index is 664. The predicted octanol–water partition coefficient (Wildman–Crippen LogP) is 3.41. The smallest absolute Gasteiger partial charge is 0.269 e. The van der Waals surface area contributed by atoms with E-state index in [9.17, 15) is 4.79 Å². The van der Waals surface area contributed by atoms with E-state index < -0.39 is 0 Å². The van der Waals surface area contributed by atoms with Crippen molar-refractivity contribution in [3.05, 3.63) is 34.2 Å². The van der Waals surface area contributed by atoms with Crippen LogP contribution in [0.25, 0.3) is 0 Å². The lowest BCUT2D eigenvalue weighted by Crippen LogP contribution is -2.13. The average Bonchev–Trinajstić information content (AvgIpc) is 2.75. The Morgan fingerprint density at radius 2 is 2.05 bits per heavy atom. The van der Waals surface area contributed by atoms with Crippen LogP contribution >= 0.6 is 11.3 Å². The molecule has 0 radical (unpaired) electrons. The number of hydrogen-bond donors (Lipinski definition) is 3. The predicted molar refractivity (Wildman–Crippen MR) is 89.2 cm³/mol. The Morgan fingerprint density at radius 1 is 1.33 bits per heavy atom. The minimum Gasteiger partial charge on any atom is -0.382 e. The van der Waals surface area contributed by atoms with Gasteiger partial charge in [0.05, 0.1) is 0 Å². The third-order valence-corrected chi connectivity index (χ3v) is 4.13. The second kappa shape index (κ2) is 6.13. The van der Waals surface area contributed by atoms with E-state index in [4.69, 9.17) is 5.73 Å². The first kappa shape index (κ1) is 15.3. The number of aryl methyl sites for hydroxylation is 1. The number of rotatable bonds is 4. The van der Waals surface area contributed by atoms with Crippen LogP contribution in [0.15, 0.2) is 18.2 Å². The fourth-order valence-corrected chi connectivity index (χ4v) is 2.79. The Hall–Kier alpha value is -2.08. The van der Waals surface area contributed by atoms with Gasteiger partial charge in [-0.1, -0.05) is 23.5 Å². The lowest BCUT2D eigenvalue weighted by molar-refractivity contribution is 0.103. The molecular formula is C15H20N4OS. The summed E-state index contributed by atoms with van der Waals surface area (Å²) in [6, 6.07) is 6.05. The summed E-state index contributed by atoms with van der Waals surface area (Å²) in [4.78, 5) is 17.0. The fourth-order valence-electron chi connectivity index (χ4n) is 1.87. The molecule has 1 heterocycles. The number of amides is 1. The number of benzene rings is 1. The molecule has 112 valence electrons. The van der Waals surface area contributed by atoms with Crippen LogP contribution in [0.5, 0.6) is 0 Å². The Balaban J connectivity index is 2.20. The van der Waals surface area contributed by atoms with Crippen LogP contribution in [-0.4, -0.2) is 16.9 Å². The number of nitrogens with one attached hydrogen (secondary N) is 2. The molecule has 4 N–H and O–H groups in total. The standard InChI is InChI=1S/C15H20N4OS/c1-8(2)17-15-19-13(16)12(21-15)14(20)18-11-7-5-6-9(3)10(11)4/h5-8H,16H2,1-4H3,(H,17,19)(H,18,20). The molecule has 0 aliphatic carbocycles. The number of nitrogens with zero attached hydrogens (tertiary/aromatic N) is 1. The summed E-state index contributed by atoms with van der Waals surface area (Å²) in [5.74, 6) is 0.0291. The number of anilines is 3. The van der Waals surface area contributed by atoms with E-state index in [2.05, 4.69) is 15.6 Å². The number of carbonyl (C=O) groups excluding carboxylic acids is 1. The lowest BCUT2D eigenvalue weighted by Gasteiger charge is -2.09. The highest BCUT2D eigenvalue weighted by Gasteiger charge is 2.17. The molecular weight excluding hydrogens is 284 g/mol. The summed E-state index contributed by atoms with van der Waals surface area (Å²) in [5, 5.41) is 6.71. The van der Waals surface area contributed by atoms with Gasteiger partial charge in [0, 0.05) is 11.7 Å². The van der Waals surface area contributed by atoms with Gasteiger partial charge in [-0.05, 0) is 44.9 Å². The molecule has 21 heavy (non-hydrogen) atoms. The lowest BCUT2D eigenvalue weighted by atomic mass is 10.1. The Morgan fingerprint density at radius 3 is 2.71 bits per heavy atom. The van der Waals surface area contributed by atoms with E-state index in [-0.39, 0.29) is 17.8 Å². The first-order valence-corrected chi connectivity index (χ1v) is 7.60. The molecule has 0 aliphatic rings. The third kappa shape index (κ3) is 3.52. The van der Waals surface area contributed by atoms with Crippen molar-refractivity contribution in [2.45, 2.75) is 33.7 Å². The van der Waals surface area contributed by atoms with Crippen LogP contribution in [-0.2, 0) is 0 Å². The number of thiazole rings is 1. The van der Waals surface area contributed by atoms with Gasteiger partial charge in [-0.3, -0.25) is 4.79 Å². The van der Waals surface area contributed by atoms with Crippen molar-refractivity contribution in [3.63, 3.8) is 0 Å². The quantitative estimate of drug-likeness (QED) is 0.808. The van der Waals surface area contributed by atoms with Gasteiger partial charge in [0.25, 0.3) is 5.91 Å². The number of nitrogen functional groups attached to an aromatic ring is 1. The average molecular weight is 304 g/mol. The van der Waals surface area contributed by atoms with E-state index in [0.29, 0.717) is 10.0 Å². The van der Waals surface area contributed by atoms with E-state index in [0.717, 1.165) is 16.8 Å². The summed E-state index contributed by atoms with van der Waals surface area (Å²) < 4.78 is 0. The maximum Gasteiger partial charge on any atom is 0.269 e. The number of nitrogens with two attached hydrogens (primary N) is 1. The van der Waals surface area contributed by atoms with Gasteiger partial charge >= 0.3 is 0 Å². The molecule has 6 heteroatoms. The van der Waals surface area contributed by atoms with Crippen molar-refractivity contribution in [1.82, 2.24) is 4.98 Å². The fraction of sp³-hybridized carbons (Fsp3) is 0.333. The van der Waals surface area contributed by atoms with Crippen LogP contribution in [0.1, 0.15) is 34.6 Å². The number of aromatic nitrogens is 1. The topological polar surface area (TPSA) is 80.0 Å². The van der Waals surface area contributed by atoms with Gasteiger partial charge in [-0.25, -0.2) is 4.98 Å². The largest absolute Gasteiger partial charge is 0.382 e. The first-order chi connectivity index (χ1) is 9.88. The summed E-state index contributed by atoms with van der Waals surface area (Å²) >= 11 is 1.27. The molecule has 0 saturated carbocycles. The molecule has 0 aliphatic heterocycles. The SMILES string of the molecule is Cc1cccc(NC(=O)c2sc(NC(C)C)nc2N)c1C. The highest BCUT2D eigenvalue weighted by molar-refractivity contribution is 7.18. The maximum atomic E-state index is 12.3. The van der Waals surface area contributed by atoms with Crippen molar-refractivity contribution < 1.29 is 4.79 Å². The van der Waals surface area contributed by atoms with Crippen molar-refractivity contribution in [2.75, 3.05) is 16.4 Å². The van der Waals surface area contributed by atoms with E-state index in [1.54, 1.807) is 0 Å². The van der Waals surface area contributed by atoms with Crippen LogP contribution in [0.4, 0.5) is 16.6 Å². The Labute approximate surface area is 128 Å². The minimum absolute atomic E-state index is 0.226. The maximum absolute atomic E-state index is 12.3. The Kier molecular flexibility index (Phi) is 4.47.